The Hall–Kier alpha value is -0.440. The maximum atomic E-state index is 11.7. The van der Waals surface area contributed by atoms with Crippen molar-refractivity contribution in [1.29, 1.82) is 0 Å². The fraction of sp³-hybridized carbons (Fsp3) is 0.385. The van der Waals surface area contributed by atoms with Crippen LogP contribution in [0.1, 0.15) is 22.7 Å². The molecule has 1 atom stereocenters. The number of hydrogen-bond donors (Lipinski definition) is 2. The summed E-state index contributed by atoms with van der Waals surface area (Å²) in [6.45, 7) is 2.57. The van der Waals surface area contributed by atoms with Gasteiger partial charge in [-0.05, 0) is 23.6 Å². The van der Waals surface area contributed by atoms with Gasteiger partial charge in [0, 0.05) is 22.8 Å². The number of halogens is 1. The Balaban J connectivity index is 2.04. The molecule has 116 valence electrons. The number of sulfonamides is 1. The lowest BCUT2D eigenvalue weighted by Crippen LogP contribution is -2.33. The summed E-state index contributed by atoms with van der Waals surface area (Å²) in [5, 5.41) is 5.32. The molecule has 1 unspecified atom stereocenters. The topological polar surface area (TPSA) is 58.2 Å². The molecule has 0 amide bonds. The monoisotopic (exact) mass is 364 g/mol. The van der Waals surface area contributed by atoms with Gasteiger partial charge in [-0.25, -0.2) is 13.1 Å². The lowest BCUT2D eigenvalue weighted by atomic mass is 10.2. The fourth-order valence-electron chi connectivity index (χ4n) is 1.91. The van der Waals surface area contributed by atoms with Gasteiger partial charge in [-0.2, -0.15) is 0 Å². The van der Waals surface area contributed by atoms with Gasteiger partial charge in [0.15, 0.2) is 0 Å². The summed E-state index contributed by atoms with van der Waals surface area (Å²) >= 11 is 9.15. The smallest absolute Gasteiger partial charge is 0.212 e. The van der Waals surface area contributed by atoms with E-state index in [9.17, 15) is 8.42 Å². The zero-order valence-electron chi connectivity index (χ0n) is 11.5. The van der Waals surface area contributed by atoms with Gasteiger partial charge in [0.2, 0.25) is 10.0 Å². The van der Waals surface area contributed by atoms with Crippen molar-refractivity contribution in [2.45, 2.75) is 13.0 Å². The van der Waals surface area contributed by atoms with Gasteiger partial charge in [-0.1, -0.05) is 24.6 Å². The average Bonchev–Trinajstić information content (AvgIpc) is 3.06. The fourth-order valence-corrected chi connectivity index (χ4v) is 4.93. The molecule has 0 spiro atoms. The molecule has 2 aromatic rings. The summed E-state index contributed by atoms with van der Waals surface area (Å²) < 4.78 is 26.6. The van der Waals surface area contributed by atoms with Crippen LogP contribution in [0, 0.1) is 0 Å². The first kappa shape index (κ1) is 16.9. The highest BCUT2D eigenvalue weighted by Gasteiger charge is 2.18. The van der Waals surface area contributed by atoms with Gasteiger partial charge in [0.1, 0.15) is 0 Å². The minimum Gasteiger partial charge on any atom is -0.304 e. The number of thiophene rings is 2. The summed E-state index contributed by atoms with van der Waals surface area (Å²) in [6.07, 6.45) is 0. The maximum Gasteiger partial charge on any atom is 0.212 e. The molecule has 0 bridgehead atoms. The molecule has 2 N–H and O–H groups in total. The van der Waals surface area contributed by atoms with Gasteiger partial charge in [0.25, 0.3) is 0 Å². The van der Waals surface area contributed by atoms with E-state index in [2.05, 4.69) is 10.0 Å². The van der Waals surface area contributed by atoms with Crippen molar-refractivity contribution < 1.29 is 8.42 Å². The Morgan fingerprint density at radius 1 is 1.29 bits per heavy atom. The molecule has 0 aliphatic carbocycles. The predicted molar refractivity (Wildman–Crippen MR) is 91.0 cm³/mol. The van der Waals surface area contributed by atoms with Crippen LogP contribution in [-0.4, -0.2) is 27.3 Å². The molecule has 8 heteroatoms. The van der Waals surface area contributed by atoms with Crippen LogP contribution in [0.5, 0.6) is 0 Å². The molecule has 0 fully saturated rings. The Morgan fingerprint density at radius 3 is 2.67 bits per heavy atom. The van der Waals surface area contributed by atoms with Crippen LogP contribution in [0.3, 0.4) is 0 Å². The van der Waals surface area contributed by atoms with Crippen molar-refractivity contribution in [3.8, 4) is 0 Å². The van der Waals surface area contributed by atoms with Crippen molar-refractivity contribution in [1.82, 2.24) is 10.0 Å². The minimum absolute atomic E-state index is 0.0145. The average molecular weight is 365 g/mol. The SMILES string of the molecule is CCNS(=O)(=O)CCNC(c1cccs1)c1ccc(Cl)s1. The molecule has 2 heterocycles. The second-order valence-corrected chi connectivity index (χ2v) is 9.01. The third-order valence-electron chi connectivity index (χ3n) is 2.79. The van der Waals surface area contributed by atoms with Crippen LogP contribution >= 0.6 is 34.3 Å². The molecule has 0 aromatic carbocycles. The van der Waals surface area contributed by atoms with E-state index in [-0.39, 0.29) is 11.8 Å². The van der Waals surface area contributed by atoms with E-state index in [0.717, 1.165) is 14.1 Å². The summed E-state index contributed by atoms with van der Waals surface area (Å²) in [7, 11) is -3.20. The lowest BCUT2D eigenvalue weighted by molar-refractivity contribution is 0.574. The zero-order valence-corrected chi connectivity index (χ0v) is 14.7. The summed E-state index contributed by atoms with van der Waals surface area (Å²) in [4.78, 5) is 2.23. The first-order valence-corrected chi connectivity index (χ1v) is 10.2. The zero-order chi connectivity index (χ0) is 15.3. The Labute approximate surface area is 138 Å². The molecule has 4 nitrogen and oxygen atoms in total. The summed E-state index contributed by atoms with van der Waals surface area (Å²) in [5.74, 6) is 0.0574. The van der Waals surface area contributed by atoms with Crippen molar-refractivity contribution in [2.24, 2.45) is 0 Å². The largest absolute Gasteiger partial charge is 0.304 e. The molecule has 21 heavy (non-hydrogen) atoms. The number of hydrogen-bond acceptors (Lipinski definition) is 5. The van der Waals surface area contributed by atoms with Gasteiger partial charge in [-0.3, -0.25) is 0 Å². The lowest BCUT2D eigenvalue weighted by Gasteiger charge is -2.16. The minimum atomic E-state index is -3.20. The first-order valence-electron chi connectivity index (χ1n) is 6.51. The molecule has 0 aliphatic heterocycles. The van der Waals surface area contributed by atoms with Crippen LogP contribution in [-0.2, 0) is 10.0 Å². The predicted octanol–water partition coefficient (Wildman–Crippen LogP) is 3.08. The molecule has 0 saturated heterocycles. The number of rotatable bonds is 8. The quantitative estimate of drug-likeness (QED) is 0.756. The Morgan fingerprint density at radius 2 is 2.10 bits per heavy atom. The summed E-state index contributed by atoms with van der Waals surface area (Å²) in [6, 6.07) is 7.84. The maximum absolute atomic E-state index is 11.7. The molecule has 0 radical (unpaired) electrons. The van der Waals surface area contributed by atoms with Gasteiger partial charge < -0.3 is 5.32 Å². The Kier molecular flexibility index (Phi) is 6.21. The van der Waals surface area contributed by atoms with Crippen molar-refractivity contribution in [3.05, 3.63) is 43.7 Å². The molecule has 2 rings (SSSR count). The molecule has 0 aliphatic rings. The highest BCUT2D eigenvalue weighted by molar-refractivity contribution is 7.89. The third-order valence-corrected chi connectivity index (χ3v) is 6.49. The van der Waals surface area contributed by atoms with E-state index < -0.39 is 10.0 Å². The second-order valence-electron chi connectivity index (χ2n) is 4.36. The highest BCUT2D eigenvalue weighted by Crippen LogP contribution is 2.32. The van der Waals surface area contributed by atoms with E-state index in [0.29, 0.717) is 13.1 Å². The van der Waals surface area contributed by atoms with Crippen molar-refractivity contribution >= 4 is 44.3 Å². The van der Waals surface area contributed by atoms with E-state index in [4.69, 9.17) is 11.6 Å². The van der Waals surface area contributed by atoms with E-state index >= 15 is 0 Å². The van der Waals surface area contributed by atoms with Gasteiger partial charge in [-0.15, -0.1) is 22.7 Å². The third kappa shape index (κ3) is 5.05. The normalized spacial score (nSPS) is 13.4. The van der Waals surface area contributed by atoms with Crippen LogP contribution in [0.25, 0.3) is 0 Å². The summed E-state index contributed by atoms with van der Waals surface area (Å²) in [5.41, 5.74) is 0. The highest BCUT2D eigenvalue weighted by atomic mass is 35.5. The first-order chi connectivity index (χ1) is 10.0. The van der Waals surface area contributed by atoms with E-state index in [1.807, 2.05) is 29.6 Å². The molecular formula is C13H17ClN2O2S3. The van der Waals surface area contributed by atoms with Crippen molar-refractivity contribution in [2.75, 3.05) is 18.8 Å². The van der Waals surface area contributed by atoms with Gasteiger partial charge >= 0.3 is 0 Å². The standard InChI is InChI=1S/C13H17ClN2O2S3/c1-2-16-21(17,18)9-7-15-13(10-4-3-8-19-10)11-5-6-12(14)20-11/h3-6,8,13,15-16H,2,7,9H2,1H3. The van der Waals surface area contributed by atoms with Crippen molar-refractivity contribution in [3.63, 3.8) is 0 Å². The molecule has 0 saturated carbocycles. The van der Waals surface area contributed by atoms with Crippen LogP contribution in [0.4, 0.5) is 0 Å². The van der Waals surface area contributed by atoms with Crippen LogP contribution in [0.15, 0.2) is 29.6 Å². The van der Waals surface area contributed by atoms with Gasteiger partial charge in [0.05, 0.1) is 16.1 Å². The van der Waals surface area contributed by atoms with Crippen LogP contribution in [0.2, 0.25) is 4.34 Å². The van der Waals surface area contributed by atoms with E-state index in [1.165, 1.54) is 11.3 Å². The second kappa shape index (κ2) is 7.71. The van der Waals surface area contributed by atoms with E-state index in [1.54, 1.807) is 18.3 Å². The van der Waals surface area contributed by atoms with Crippen LogP contribution < -0.4 is 10.0 Å². The molecular weight excluding hydrogens is 348 g/mol. The Bertz CT molecular complexity index is 653. The molecule has 2 aromatic heterocycles. The number of nitrogens with one attached hydrogen (secondary N) is 2.